The van der Waals surface area contributed by atoms with Crippen LogP contribution in [0.2, 0.25) is 0 Å². The molecule has 0 atom stereocenters. The summed E-state index contributed by atoms with van der Waals surface area (Å²) < 4.78 is 22.2. The van der Waals surface area contributed by atoms with Gasteiger partial charge in [-0.15, -0.1) is 0 Å². The zero-order valence-corrected chi connectivity index (χ0v) is 17.1. The first-order valence-electron chi connectivity index (χ1n) is 4.99. The van der Waals surface area contributed by atoms with Gasteiger partial charge >= 0.3 is 74.3 Å². The smallest absolute Gasteiger partial charge is 1.00 e. The molecule has 0 fully saturated rings. The number of H-pyrrole nitrogens is 1. The molecule has 0 aliphatic rings. The van der Waals surface area contributed by atoms with Gasteiger partial charge in [-0.3, -0.25) is 9.13 Å². The van der Waals surface area contributed by atoms with Crippen LogP contribution in [0.4, 0.5) is 5.95 Å². The Labute approximate surface area is 166 Å². The van der Waals surface area contributed by atoms with Crippen molar-refractivity contribution in [1.82, 2.24) is 9.97 Å². The Morgan fingerprint density at radius 2 is 1.62 bits per heavy atom. The summed E-state index contributed by atoms with van der Waals surface area (Å²) >= 11 is 0. The van der Waals surface area contributed by atoms with Crippen LogP contribution in [0.3, 0.4) is 0 Å². The van der Waals surface area contributed by atoms with E-state index in [1.165, 1.54) is 0 Å². The van der Waals surface area contributed by atoms with Gasteiger partial charge in [0.15, 0.2) is 0 Å². The second-order valence-corrected chi connectivity index (χ2v) is 7.60. The summed E-state index contributed by atoms with van der Waals surface area (Å²) in [5, 5.41) is 2.06. The zero-order valence-electron chi connectivity index (χ0n) is 13.3. The number of aromatic nitrogens is 2. The second-order valence-electron chi connectivity index (χ2n) is 3.80. The van der Waals surface area contributed by atoms with E-state index in [9.17, 15) is 9.13 Å². The fourth-order valence-corrected chi connectivity index (χ4v) is 3.66. The molecule has 1 heterocycles. The van der Waals surface area contributed by atoms with Gasteiger partial charge in [0.2, 0.25) is 11.5 Å². The Morgan fingerprint density at radius 1 is 1.10 bits per heavy atom. The number of nitrogens with one attached hydrogen (secondary N) is 2. The molecule has 0 aliphatic heterocycles. The van der Waals surface area contributed by atoms with Crippen molar-refractivity contribution in [3.8, 4) is 0 Å². The third kappa shape index (κ3) is 5.73. The molecule has 13 heteroatoms. The van der Waals surface area contributed by atoms with Crippen molar-refractivity contribution < 1.29 is 90.7 Å². The van der Waals surface area contributed by atoms with E-state index in [1.54, 1.807) is 24.3 Å². The summed E-state index contributed by atoms with van der Waals surface area (Å²) in [6, 6.07) is 6.72. The summed E-state index contributed by atoms with van der Waals surface area (Å²) in [6.07, 6.45) is 0. The topological polar surface area (TPSA) is 156 Å². The minimum absolute atomic E-state index is 0. The molecule has 0 aliphatic carbocycles. The van der Waals surface area contributed by atoms with Crippen LogP contribution in [0, 0.1) is 0 Å². The van der Waals surface area contributed by atoms with Crippen molar-refractivity contribution in [1.29, 1.82) is 0 Å². The molecule has 0 saturated carbocycles. The number of hydrogen-bond acceptors (Lipinski definition) is 4. The first kappa shape index (κ1) is 21.8. The average Bonchev–Trinajstić information content (AvgIpc) is 2.65. The van der Waals surface area contributed by atoms with Crippen molar-refractivity contribution in [3.05, 3.63) is 24.3 Å². The largest absolute Gasteiger partial charge is 1.00 e. The first-order valence-corrected chi connectivity index (χ1v) is 8.36. The van der Waals surface area contributed by atoms with Crippen molar-refractivity contribution in [2.24, 2.45) is 0 Å². The van der Waals surface area contributed by atoms with E-state index >= 15 is 0 Å². The van der Waals surface area contributed by atoms with Crippen LogP contribution in [-0.4, -0.2) is 35.1 Å². The molecule has 21 heavy (non-hydrogen) atoms. The van der Waals surface area contributed by atoms with E-state index in [0.29, 0.717) is 11.0 Å². The predicted octanol–water partition coefficient (Wildman–Crippen LogP) is -5.15. The molecule has 9 nitrogen and oxygen atoms in total. The predicted molar refractivity (Wildman–Crippen MR) is 69.8 cm³/mol. The Hall–Kier alpha value is 0.790. The minimum Gasteiger partial charge on any atom is -1.00 e. The van der Waals surface area contributed by atoms with Crippen LogP contribution in [-0.2, 0) is 9.13 Å². The zero-order chi connectivity index (χ0) is 14.3. The van der Waals surface area contributed by atoms with Gasteiger partial charge in [-0.2, -0.15) is 0 Å². The number of rotatable bonds is 4. The molecule has 6 N–H and O–H groups in total. The maximum atomic E-state index is 11.1. The van der Waals surface area contributed by atoms with Gasteiger partial charge in [0.1, 0.15) is 0 Å². The second kappa shape index (κ2) is 8.06. The molecule has 0 unspecified atom stereocenters. The third-order valence-corrected chi connectivity index (χ3v) is 5.63. The number of benzene rings is 1. The Kier molecular flexibility index (Phi) is 8.36. The molecule has 0 amide bonds. The maximum absolute atomic E-state index is 11.1. The van der Waals surface area contributed by atoms with Crippen LogP contribution in [0.25, 0.3) is 11.0 Å². The Morgan fingerprint density at radius 3 is 2.10 bits per heavy atom. The number of nitrogens with zero attached hydrogens (tertiary/aromatic N) is 1. The van der Waals surface area contributed by atoms with Crippen LogP contribution >= 0.6 is 15.2 Å². The van der Waals surface area contributed by atoms with Crippen molar-refractivity contribution in [2.75, 3.05) is 5.32 Å². The molecule has 108 valence electrons. The van der Waals surface area contributed by atoms with E-state index in [-0.39, 0.29) is 67.9 Å². The third-order valence-electron chi connectivity index (χ3n) is 2.29. The van der Waals surface area contributed by atoms with Crippen LogP contribution in [0.1, 0.15) is 2.85 Å². The maximum Gasteiger partial charge on any atom is 1.00 e. The summed E-state index contributed by atoms with van der Waals surface area (Å²) in [4.78, 5) is 42.4. The normalized spacial score (nSPS) is 11.9. The summed E-state index contributed by atoms with van der Waals surface area (Å²) in [6.45, 7) is 0. The fraction of sp³-hybridized carbons (Fsp3) is 0.125. The molecule has 2 aromatic rings. The standard InChI is InChI=1S/C8H11N3O6P2.2Na.2H/c12-18(13,14)8(19(15,16)17)11-7-9-5-3-1-2-4-6(5)10-7;;;;/h1-4,8H,(H2,9,10,11)(H2,12,13,14)(H2,15,16,17);;;;/q;2*+1;2*-1. The number of anilines is 1. The van der Waals surface area contributed by atoms with E-state index in [4.69, 9.17) is 19.6 Å². The molecular weight excluding hydrogens is 342 g/mol. The van der Waals surface area contributed by atoms with Gasteiger partial charge in [-0.1, -0.05) is 12.1 Å². The van der Waals surface area contributed by atoms with Gasteiger partial charge in [0.05, 0.1) is 11.0 Å². The van der Waals surface area contributed by atoms with Gasteiger partial charge < -0.3 is 32.7 Å². The molecule has 0 bridgehead atoms. The molecule has 0 spiro atoms. The molecule has 0 radical (unpaired) electrons. The number of imidazole rings is 1. The molecule has 2 rings (SSSR count). The van der Waals surface area contributed by atoms with Crippen molar-refractivity contribution >= 4 is 32.2 Å². The van der Waals surface area contributed by atoms with E-state index in [2.05, 4.69) is 15.3 Å². The molecule has 1 aromatic heterocycles. The Balaban J connectivity index is -0.000001000. The van der Waals surface area contributed by atoms with Crippen LogP contribution in [0.15, 0.2) is 24.3 Å². The number of aromatic amines is 1. The summed E-state index contributed by atoms with van der Waals surface area (Å²) in [5.41, 5.74) is -1.26. The first-order chi connectivity index (χ1) is 8.68. The van der Waals surface area contributed by atoms with Crippen LogP contribution < -0.4 is 64.4 Å². The monoisotopic (exact) mass is 355 g/mol. The Bertz CT molecular complexity index is 653. The number of para-hydroxylation sites is 2. The van der Waals surface area contributed by atoms with Crippen molar-refractivity contribution in [2.45, 2.75) is 5.52 Å². The van der Waals surface area contributed by atoms with Gasteiger partial charge in [-0.25, -0.2) is 4.98 Å². The van der Waals surface area contributed by atoms with Gasteiger partial charge in [0.25, 0.3) is 0 Å². The fourth-order valence-electron chi connectivity index (χ4n) is 1.51. The van der Waals surface area contributed by atoms with Gasteiger partial charge in [0, 0.05) is 0 Å². The molecule has 1 aromatic carbocycles. The van der Waals surface area contributed by atoms with Crippen molar-refractivity contribution in [3.63, 3.8) is 0 Å². The SMILES string of the molecule is O=P(O)(O)C(Nc1nc2ccccc2[nH]1)P(=O)(O)O.[H-].[H-].[Na+].[Na+]. The quantitative estimate of drug-likeness (QED) is 0.235. The van der Waals surface area contributed by atoms with E-state index in [0.717, 1.165) is 0 Å². The number of hydrogen-bond donors (Lipinski definition) is 6. The average molecular weight is 355 g/mol. The van der Waals surface area contributed by atoms with E-state index < -0.39 is 20.7 Å². The molecular formula is C8H13N3Na2O6P2. The minimum atomic E-state index is -5.04. The van der Waals surface area contributed by atoms with Gasteiger partial charge in [-0.05, 0) is 12.1 Å². The summed E-state index contributed by atoms with van der Waals surface area (Å²) in [5.74, 6) is -0.127. The number of fused-ring (bicyclic) bond motifs is 1. The van der Waals surface area contributed by atoms with Crippen LogP contribution in [0.5, 0.6) is 0 Å². The molecule has 0 saturated heterocycles. The summed E-state index contributed by atoms with van der Waals surface area (Å²) in [7, 11) is -10.1. The van der Waals surface area contributed by atoms with E-state index in [1.807, 2.05) is 0 Å².